The molecule has 1 N–H and O–H groups in total. The summed E-state index contributed by atoms with van der Waals surface area (Å²) in [6, 6.07) is 1.36. The lowest BCUT2D eigenvalue weighted by Crippen LogP contribution is -2.57. The van der Waals surface area contributed by atoms with Crippen molar-refractivity contribution in [1.82, 2.24) is 10.2 Å². The maximum Gasteiger partial charge on any atom is 0.0600 e. The Morgan fingerprint density at radius 2 is 2.00 bits per heavy atom. The number of nitrogens with zero attached hydrogens (tertiary/aromatic N) is 1. The Labute approximate surface area is 113 Å². The van der Waals surface area contributed by atoms with Crippen molar-refractivity contribution in [3.05, 3.63) is 0 Å². The van der Waals surface area contributed by atoms with Crippen LogP contribution in [-0.4, -0.2) is 48.8 Å². The molecule has 1 aliphatic rings. The van der Waals surface area contributed by atoms with Gasteiger partial charge >= 0.3 is 0 Å². The van der Waals surface area contributed by atoms with Crippen LogP contribution in [0.5, 0.6) is 0 Å². The fraction of sp³-hybridized carbons (Fsp3) is 1.00. The van der Waals surface area contributed by atoms with Gasteiger partial charge in [-0.1, -0.05) is 20.3 Å². The topological polar surface area (TPSA) is 24.5 Å². The van der Waals surface area contributed by atoms with E-state index in [1.807, 2.05) is 0 Å². The molecule has 0 spiro atoms. The average molecular weight is 256 g/mol. The Bertz CT molecular complexity index is 225. The number of ether oxygens (including phenoxy) is 1. The standard InChI is InChI=1S/C15H32N2O/c1-6-8-14-11-16-13(7-2)12-17(14)9-10-18-15(3,4)5/h13-14,16H,6-12H2,1-5H3. The van der Waals surface area contributed by atoms with E-state index in [2.05, 4.69) is 44.8 Å². The van der Waals surface area contributed by atoms with Crippen molar-refractivity contribution < 1.29 is 4.74 Å². The number of rotatable bonds is 6. The number of piperazine rings is 1. The highest BCUT2D eigenvalue weighted by atomic mass is 16.5. The molecule has 0 aromatic carbocycles. The molecule has 1 fully saturated rings. The zero-order valence-electron chi connectivity index (χ0n) is 13.0. The molecule has 0 aliphatic carbocycles. The molecular weight excluding hydrogens is 224 g/mol. The molecule has 18 heavy (non-hydrogen) atoms. The lowest BCUT2D eigenvalue weighted by molar-refractivity contribution is -0.0229. The Morgan fingerprint density at radius 1 is 1.28 bits per heavy atom. The highest BCUT2D eigenvalue weighted by Gasteiger charge is 2.26. The third kappa shape index (κ3) is 5.68. The van der Waals surface area contributed by atoms with Crippen molar-refractivity contribution >= 4 is 0 Å². The lowest BCUT2D eigenvalue weighted by Gasteiger charge is -2.40. The SMILES string of the molecule is CCCC1CNC(CC)CN1CCOC(C)(C)C. The minimum Gasteiger partial charge on any atom is -0.375 e. The van der Waals surface area contributed by atoms with Gasteiger partial charge in [0.2, 0.25) is 0 Å². The Morgan fingerprint density at radius 3 is 2.56 bits per heavy atom. The Kier molecular flexibility index (Phi) is 6.61. The molecule has 1 saturated heterocycles. The second-order valence-corrected chi connectivity index (χ2v) is 6.41. The normalized spacial score (nSPS) is 26.5. The van der Waals surface area contributed by atoms with Gasteiger partial charge in [-0.05, 0) is 33.6 Å². The van der Waals surface area contributed by atoms with Gasteiger partial charge in [0.15, 0.2) is 0 Å². The second kappa shape index (κ2) is 7.46. The van der Waals surface area contributed by atoms with E-state index in [4.69, 9.17) is 4.74 Å². The molecular formula is C15H32N2O. The van der Waals surface area contributed by atoms with Crippen LogP contribution in [0.1, 0.15) is 53.9 Å². The van der Waals surface area contributed by atoms with Crippen LogP contribution in [-0.2, 0) is 4.74 Å². The van der Waals surface area contributed by atoms with Crippen molar-refractivity contribution in [2.45, 2.75) is 71.6 Å². The van der Waals surface area contributed by atoms with E-state index in [1.54, 1.807) is 0 Å². The molecule has 1 aliphatic heterocycles. The van der Waals surface area contributed by atoms with Crippen LogP contribution >= 0.6 is 0 Å². The number of hydrogen-bond donors (Lipinski definition) is 1. The molecule has 0 saturated carbocycles. The van der Waals surface area contributed by atoms with Crippen LogP contribution in [0, 0.1) is 0 Å². The molecule has 2 unspecified atom stereocenters. The second-order valence-electron chi connectivity index (χ2n) is 6.41. The molecule has 108 valence electrons. The average Bonchev–Trinajstić information content (AvgIpc) is 2.30. The van der Waals surface area contributed by atoms with E-state index in [0.29, 0.717) is 12.1 Å². The summed E-state index contributed by atoms with van der Waals surface area (Å²) in [5, 5.41) is 3.66. The van der Waals surface area contributed by atoms with Gasteiger partial charge in [0, 0.05) is 31.7 Å². The molecule has 3 nitrogen and oxygen atoms in total. The molecule has 0 aromatic heterocycles. The highest BCUT2D eigenvalue weighted by molar-refractivity contribution is 4.85. The lowest BCUT2D eigenvalue weighted by atomic mass is 10.0. The van der Waals surface area contributed by atoms with Gasteiger partial charge in [-0.15, -0.1) is 0 Å². The third-order valence-corrected chi connectivity index (χ3v) is 3.64. The number of hydrogen-bond acceptors (Lipinski definition) is 3. The molecule has 1 heterocycles. The predicted molar refractivity (Wildman–Crippen MR) is 78.1 cm³/mol. The van der Waals surface area contributed by atoms with Crippen molar-refractivity contribution in [3.8, 4) is 0 Å². The highest BCUT2D eigenvalue weighted by Crippen LogP contribution is 2.14. The maximum absolute atomic E-state index is 5.87. The largest absolute Gasteiger partial charge is 0.375 e. The maximum atomic E-state index is 5.87. The summed E-state index contributed by atoms with van der Waals surface area (Å²) in [6.45, 7) is 15.2. The summed E-state index contributed by atoms with van der Waals surface area (Å²) in [4.78, 5) is 2.62. The molecule has 1 rings (SSSR count). The van der Waals surface area contributed by atoms with E-state index >= 15 is 0 Å². The fourth-order valence-corrected chi connectivity index (χ4v) is 2.56. The van der Waals surface area contributed by atoms with Gasteiger partial charge in [-0.2, -0.15) is 0 Å². The van der Waals surface area contributed by atoms with E-state index in [-0.39, 0.29) is 5.60 Å². The molecule has 0 amide bonds. The van der Waals surface area contributed by atoms with Gasteiger partial charge in [0.1, 0.15) is 0 Å². The van der Waals surface area contributed by atoms with E-state index in [0.717, 1.165) is 19.7 Å². The molecule has 2 atom stereocenters. The van der Waals surface area contributed by atoms with Crippen LogP contribution in [0.15, 0.2) is 0 Å². The van der Waals surface area contributed by atoms with Crippen molar-refractivity contribution in [3.63, 3.8) is 0 Å². The van der Waals surface area contributed by atoms with Crippen LogP contribution in [0.3, 0.4) is 0 Å². The van der Waals surface area contributed by atoms with Crippen molar-refractivity contribution in [2.75, 3.05) is 26.2 Å². The van der Waals surface area contributed by atoms with Gasteiger partial charge in [-0.3, -0.25) is 4.90 Å². The first-order chi connectivity index (χ1) is 8.46. The van der Waals surface area contributed by atoms with Gasteiger partial charge < -0.3 is 10.1 Å². The quantitative estimate of drug-likeness (QED) is 0.791. The summed E-state index contributed by atoms with van der Waals surface area (Å²) < 4.78 is 5.87. The Balaban J connectivity index is 2.40. The Hall–Kier alpha value is -0.120. The summed E-state index contributed by atoms with van der Waals surface area (Å²) in [5.41, 5.74) is -0.0154. The summed E-state index contributed by atoms with van der Waals surface area (Å²) in [6.07, 6.45) is 3.77. The van der Waals surface area contributed by atoms with Crippen LogP contribution in [0.25, 0.3) is 0 Å². The van der Waals surface area contributed by atoms with E-state index in [1.165, 1.54) is 25.8 Å². The smallest absolute Gasteiger partial charge is 0.0600 e. The summed E-state index contributed by atoms with van der Waals surface area (Å²) in [5.74, 6) is 0. The zero-order valence-corrected chi connectivity index (χ0v) is 13.0. The number of nitrogens with one attached hydrogen (secondary N) is 1. The van der Waals surface area contributed by atoms with Crippen LogP contribution in [0.2, 0.25) is 0 Å². The first-order valence-electron chi connectivity index (χ1n) is 7.57. The molecule has 0 aromatic rings. The first kappa shape index (κ1) is 15.9. The zero-order chi connectivity index (χ0) is 13.6. The van der Waals surface area contributed by atoms with Gasteiger partial charge in [-0.25, -0.2) is 0 Å². The van der Waals surface area contributed by atoms with Gasteiger partial charge in [0.05, 0.1) is 12.2 Å². The molecule has 0 radical (unpaired) electrons. The predicted octanol–water partition coefficient (Wildman–Crippen LogP) is 2.65. The van der Waals surface area contributed by atoms with Crippen molar-refractivity contribution in [1.29, 1.82) is 0 Å². The molecule has 3 heteroatoms. The summed E-state index contributed by atoms with van der Waals surface area (Å²) >= 11 is 0. The summed E-state index contributed by atoms with van der Waals surface area (Å²) in [7, 11) is 0. The first-order valence-corrected chi connectivity index (χ1v) is 7.57. The third-order valence-electron chi connectivity index (χ3n) is 3.64. The molecule has 0 bridgehead atoms. The van der Waals surface area contributed by atoms with E-state index < -0.39 is 0 Å². The van der Waals surface area contributed by atoms with Crippen LogP contribution < -0.4 is 5.32 Å². The van der Waals surface area contributed by atoms with Gasteiger partial charge in [0.25, 0.3) is 0 Å². The van der Waals surface area contributed by atoms with Crippen LogP contribution in [0.4, 0.5) is 0 Å². The monoisotopic (exact) mass is 256 g/mol. The minimum atomic E-state index is -0.0154. The fourth-order valence-electron chi connectivity index (χ4n) is 2.56. The minimum absolute atomic E-state index is 0.0154. The van der Waals surface area contributed by atoms with Crippen molar-refractivity contribution in [2.24, 2.45) is 0 Å². The van der Waals surface area contributed by atoms with E-state index in [9.17, 15) is 0 Å².